The van der Waals surface area contributed by atoms with Crippen molar-refractivity contribution >= 4 is 11.9 Å². The molecule has 110 valence electrons. The highest BCUT2D eigenvalue weighted by molar-refractivity contribution is 5.36. The van der Waals surface area contributed by atoms with E-state index in [1.807, 2.05) is 4.90 Å². The third kappa shape index (κ3) is 3.26. The first kappa shape index (κ1) is 13.3. The fourth-order valence-corrected chi connectivity index (χ4v) is 2.26. The molecule has 0 atom stereocenters. The first-order valence-corrected chi connectivity index (χ1v) is 6.90. The van der Waals surface area contributed by atoms with Crippen molar-refractivity contribution in [3.05, 3.63) is 0 Å². The Labute approximate surface area is 117 Å². The third-order valence-electron chi connectivity index (χ3n) is 3.35. The van der Waals surface area contributed by atoms with Gasteiger partial charge < -0.3 is 24.8 Å². The monoisotopic (exact) mass is 281 g/mol. The van der Waals surface area contributed by atoms with Crippen LogP contribution in [0.5, 0.6) is 6.01 Å². The molecule has 2 aliphatic rings. The molecule has 1 aromatic heterocycles. The second kappa shape index (κ2) is 6.19. The molecule has 8 heteroatoms. The maximum absolute atomic E-state index is 5.79. The van der Waals surface area contributed by atoms with Crippen LogP contribution in [0.2, 0.25) is 0 Å². The summed E-state index contributed by atoms with van der Waals surface area (Å²) in [6, 6.07) is 0.297. The Bertz CT molecular complexity index is 447. The summed E-state index contributed by atoms with van der Waals surface area (Å²) in [5, 5.41) is 0. The van der Waals surface area contributed by atoms with E-state index in [2.05, 4.69) is 15.0 Å². The van der Waals surface area contributed by atoms with E-state index >= 15 is 0 Å². The minimum absolute atomic E-state index is 0.0862. The minimum Gasteiger partial charge on any atom is -0.460 e. The van der Waals surface area contributed by atoms with Crippen molar-refractivity contribution in [1.29, 1.82) is 0 Å². The number of aromatic nitrogens is 3. The van der Waals surface area contributed by atoms with Crippen LogP contribution in [-0.2, 0) is 9.47 Å². The topological polar surface area (TPSA) is 95.6 Å². The Morgan fingerprint density at radius 1 is 1.00 bits per heavy atom. The zero-order chi connectivity index (χ0) is 13.8. The van der Waals surface area contributed by atoms with Crippen LogP contribution in [0.3, 0.4) is 0 Å². The molecule has 0 spiro atoms. The van der Waals surface area contributed by atoms with E-state index in [-0.39, 0.29) is 12.1 Å². The summed E-state index contributed by atoms with van der Waals surface area (Å²) in [6.07, 6.45) is 1.78. The van der Waals surface area contributed by atoms with Crippen LogP contribution in [0, 0.1) is 0 Å². The van der Waals surface area contributed by atoms with Crippen LogP contribution in [0.4, 0.5) is 11.9 Å². The lowest BCUT2D eigenvalue weighted by Crippen LogP contribution is -2.37. The summed E-state index contributed by atoms with van der Waals surface area (Å²) in [5.74, 6) is 0.742. The molecule has 0 aromatic carbocycles. The van der Waals surface area contributed by atoms with Crippen molar-refractivity contribution in [2.45, 2.75) is 18.9 Å². The highest BCUT2D eigenvalue weighted by atomic mass is 16.5. The standard InChI is InChI=1S/C12H19N5O3/c13-10-14-11(17-3-7-19-8-4-17)16-12(15-10)20-9-1-5-18-6-2-9/h9H,1-8H2,(H2,13,14,15,16). The number of hydrogen-bond donors (Lipinski definition) is 1. The Balaban J connectivity index is 1.71. The molecule has 3 heterocycles. The van der Waals surface area contributed by atoms with Gasteiger partial charge in [0, 0.05) is 25.9 Å². The van der Waals surface area contributed by atoms with E-state index in [1.54, 1.807) is 0 Å². The number of nitrogens with two attached hydrogens (primary N) is 1. The van der Waals surface area contributed by atoms with E-state index < -0.39 is 0 Å². The van der Waals surface area contributed by atoms with E-state index in [4.69, 9.17) is 19.9 Å². The molecule has 0 radical (unpaired) electrons. The van der Waals surface area contributed by atoms with Crippen LogP contribution in [-0.4, -0.2) is 60.6 Å². The molecule has 1 aromatic rings. The average Bonchev–Trinajstić information content (AvgIpc) is 2.49. The number of anilines is 2. The SMILES string of the molecule is Nc1nc(OC2CCOCC2)nc(N2CCOCC2)n1. The second-order valence-corrected chi connectivity index (χ2v) is 4.81. The van der Waals surface area contributed by atoms with Crippen LogP contribution in [0.25, 0.3) is 0 Å². The highest BCUT2D eigenvalue weighted by Crippen LogP contribution is 2.18. The van der Waals surface area contributed by atoms with Gasteiger partial charge in [-0.1, -0.05) is 0 Å². The summed E-state index contributed by atoms with van der Waals surface area (Å²) in [6.45, 7) is 4.26. The molecule has 2 aliphatic heterocycles. The molecule has 2 N–H and O–H groups in total. The first-order valence-electron chi connectivity index (χ1n) is 6.90. The van der Waals surface area contributed by atoms with Gasteiger partial charge in [0.2, 0.25) is 11.9 Å². The summed E-state index contributed by atoms with van der Waals surface area (Å²) in [7, 11) is 0. The van der Waals surface area contributed by atoms with Gasteiger partial charge in [-0.3, -0.25) is 0 Å². The summed E-state index contributed by atoms with van der Waals surface area (Å²) in [5.41, 5.74) is 5.75. The van der Waals surface area contributed by atoms with Crippen molar-refractivity contribution in [3.63, 3.8) is 0 Å². The van der Waals surface area contributed by atoms with Crippen LogP contribution < -0.4 is 15.4 Å². The van der Waals surface area contributed by atoms with Crippen molar-refractivity contribution < 1.29 is 14.2 Å². The third-order valence-corrected chi connectivity index (χ3v) is 3.35. The Kier molecular flexibility index (Phi) is 4.12. The molecule has 2 fully saturated rings. The molecule has 3 rings (SSSR count). The van der Waals surface area contributed by atoms with Gasteiger partial charge in [0.05, 0.1) is 26.4 Å². The minimum atomic E-state index is 0.0862. The lowest BCUT2D eigenvalue weighted by molar-refractivity contribution is 0.0217. The van der Waals surface area contributed by atoms with Crippen molar-refractivity contribution in [1.82, 2.24) is 15.0 Å². The van der Waals surface area contributed by atoms with Gasteiger partial charge in [0.15, 0.2) is 0 Å². The fourth-order valence-electron chi connectivity index (χ4n) is 2.26. The normalized spacial score (nSPS) is 20.9. The zero-order valence-electron chi connectivity index (χ0n) is 11.3. The van der Waals surface area contributed by atoms with E-state index in [1.165, 1.54) is 0 Å². The van der Waals surface area contributed by atoms with E-state index in [0.29, 0.717) is 38.4 Å². The molecule has 2 saturated heterocycles. The van der Waals surface area contributed by atoms with E-state index in [9.17, 15) is 0 Å². The smallest absolute Gasteiger partial charge is 0.323 e. The Hall–Kier alpha value is -1.67. The molecule has 0 bridgehead atoms. The Morgan fingerprint density at radius 3 is 2.45 bits per heavy atom. The van der Waals surface area contributed by atoms with Gasteiger partial charge in [-0.15, -0.1) is 0 Å². The van der Waals surface area contributed by atoms with Gasteiger partial charge in [-0.2, -0.15) is 15.0 Å². The van der Waals surface area contributed by atoms with Crippen molar-refractivity contribution in [2.24, 2.45) is 0 Å². The van der Waals surface area contributed by atoms with E-state index in [0.717, 1.165) is 25.9 Å². The maximum atomic E-state index is 5.79. The number of nitrogen functional groups attached to an aromatic ring is 1. The average molecular weight is 281 g/mol. The predicted molar refractivity (Wildman–Crippen MR) is 71.7 cm³/mol. The predicted octanol–water partition coefficient (Wildman–Crippen LogP) is -0.152. The molecule has 0 amide bonds. The fraction of sp³-hybridized carbons (Fsp3) is 0.750. The molecule has 0 saturated carbocycles. The van der Waals surface area contributed by atoms with Crippen molar-refractivity contribution in [2.75, 3.05) is 50.2 Å². The molecular formula is C12H19N5O3. The quantitative estimate of drug-likeness (QED) is 0.817. The lowest BCUT2D eigenvalue weighted by Gasteiger charge is -2.27. The molecule has 20 heavy (non-hydrogen) atoms. The molecule has 0 unspecified atom stereocenters. The highest BCUT2D eigenvalue weighted by Gasteiger charge is 2.20. The number of hydrogen-bond acceptors (Lipinski definition) is 8. The van der Waals surface area contributed by atoms with Crippen LogP contribution in [0.15, 0.2) is 0 Å². The maximum Gasteiger partial charge on any atom is 0.323 e. The number of ether oxygens (including phenoxy) is 3. The van der Waals surface area contributed by atoms with Gasteiger partial charge in [0.1, 0.15) is 6.10 Å². The van der Waals surface area contributed by atoms with Gasteiger partial charge in [-0.05, 0) is 0 Å². The summed E-state index contributed by atoms with van der Waals surface area (Å²) in [4.78, 5) is 14.6. The number of nitrogens with zero attached hydrogens (tertiary/aromatic N) is 4. The molecule has 0 aliphatic carbocycles. The largest absolute Gasteiger partial charge is 0.460 e. The summed E-state index contributed by atoms with van der Waals surface area (Å²) < 4.78 is 16.4. The second-order valence-electron chi connectivity index (χ2n) is 4.81. The number of morpholine rings is 1. The lowest BCUT2D eigenvalue weighted by atomic mass is 10.2. The van der Waals surface area contributed by atoms with Gasteiger partial charge >= 0.3 is 6.01 Å². The molecular weight excluding hydrogens is 262 g/mol. The summed E-state index contributed by atoms with van der Waals surface area (Å²) >= 11 is 0. The van der Waals surface area contributed by atoms with Gasteiger partial charge in [-0.25, -0.2) is 0 Å². The zero-order valence-corrected chi connectivity index (χ0v) is 11.3. The van der Waals surface area contributed by atoms with Crippen LogP contribution >= 0.6 is 0 Å². The van der Waals surface area contributed by atoms with Crippen molar-refractivity contribution in [3.8, 4) is 6.01 Å². The first-order chi connectivity index (χ1) is 9.81. The van der Waals surface area contributed by atoms with Gasteiger partial charge in [0.25, 0.3) is 0 Å². The van der Waals surface area contributed by atoms with Crippen LogP contribution in [0.1, 0.15) is 12.8 Å². The molecule has 8 nitrogen and oxygen atoms in total. The Morgan fingerprint density at radius 2 is 1.70 bits per heavy atom. The number of rotatable bonds is 3.